The zero-order valence-corrected chi connectivity index (χ0v) is 20.9. The van der Waals surface area contributed by atoms with Crippen molar-refractivity contribution in [2.45, 2.75) is 57.1 Å². The predicted octanol–water partition coefficient (Wildman–Crippen LogP) is 6.46. The first-order chi connectivity index (χ1) is 14.7. The Balaban J connectivity index is 2.10. The molecule has 0 spiro atoms. The highest BCUT2D eigenvalue weighted by atomic mass is 35.5. The summed E-state index contributed by atoms with van der Waals surface area (Å²) in [6.07, 6.45) is 1.12. The van der Waals surface area contributed by atoms with Crippen LogP contribution in [0, 0.1) is 0 Å². The number of amides is 2. The van der Waals surface area contributed by atoms with Crippen molar-refractivity contribution in [1.82, 2.24) is 10.2 Å². The third kappa shape index (κ3) is 8.23. The van der Waals surface area contributed by atoms with E-state index < -0.39 is 6.04 Å². The number of hydrogen-bond acceptors (Lipinski definition) is 3. The molecular weight excluding hydrogens is 475 g/mol. The summed E-state index contributed by atoms with van der Waals surface area (Å²) in [5.74, 6) is 0.324. The molecule has 168 valence electrons. The maximum absolute atomic E-state index is 13.1. The molecule has 0 unspecified atom stereocenters. The molecule has 0 aliphatic rings. The van der Waals surface area contributed by atoms with Crippen molar-refractivity contribution in [2.75, 3.05) is 5.75 Å². The fourth-order valence-electron chi connectivity index (χ4n) is 2.81. The fraction of sp³-hybridized carbons (Fsp3) is 0.391. The summed E-state index contributed by atoms with van der Waals surface area (Å²) in [4.78, 5) is 28.5. The van der Waals surface area contributed by atoms with Crippen LogP contribution in [0.2, 0.25) is 15.1 Å². The third-order valence-corrected chi connectivity index (χ3v) is 6.91. The van der Waals surface area contributed by atoms with Crippen molar-refractivity contribution in [3.8, 4) is 0 Å². The Morgan fingerprint density at radius 3 is 2.32 bits per heavy atom. The lowest BCUT2D eigenvalue weighted by molar-refractivity contribution is -0.140. The molecular formula is C23H27Cl3N2O2S. The van der Waals surface area contributed by atoms with Crippen LogP contribution < -0.4 is 5.32 Å². The Hall–Kier alpha value is -1.40. The van der Waals surface area contributed by atoms with E-state index >= 15 is 0 Å². The minimum atomic E-state index is -0.614. The number of hydrogen-bond donors (Lipinski definition) is 1. The first-order valence-corrected chi connectivity index (χ1v) is 12.2. The van der Waals surface area contributed by atoms with Crippen molar-refractivity contribution in [3.05, 3.63) is 63.1 Å². The van der Waals surface area contributed by atoms with E-state index in [0.717, 1.165) is 16.9 Å². The highest BCUT2D eigenvalue weighted by molar-refractivity contribution is 7.99. The molecule has 0 aliphatic carbocycles. The Morgan fingerprint density at radius 1 is 1.03 bits per heavy atom. The van der Waals surface area contributed by atoms with Crippen LogP contribution in [0.3, 0.4) is 0 Å². The largest absolute Gasteiger partial charge is 0.352 e. The van der Waals surface area contributed by atoms with E-state index in [1.807, 2.05) is 44.2 Å². The van der Waals surface area contributed by atoms with Crippen LogP contribution in [0.15, 0.2) is 47.4 Å². The number of benzene rings is 2. The van der Waals surface area contributed by atoms with Gasteiger partial charge in [0, 0.05) is 34.7 Å². The van der Waals surface area contributed by atoms with Crippen molar-refractivity contribution >= 4 is 58.4 Å². The Bertz CT molecular complexity index is 893. The number of halogens is 3. The highest BCUT2D eigenvalue weighted by Crippen LogP contribution is 2.25. The zero-order chi connectivity index (χ0) is 23.0. The van der Waals surface area contributed by atoms with Gasteiger partial charge >= 0.3 is 0 Å². The Labute approximate surface area is 203 Å². The molecule has 1 N–H and O–H groups in total. The molecule has 0 saturated heterocycles. The zero-order valence-electron chi connectivity index (χ0n) is 17.8. The molecule has 31 heavy (non-hydrogen) atoms. The van der Waals surface area contributed by atoms with E-state index in [1.165, 1.54) is 0 Å². The molecule has 2 atom stereocenters. The van der Waals surface area contributed by atoms with E-state index in [2.05, 4.69) is 5.32 Å². The maximum Gasteiger partial charge on any atom is 0.242 e. The lowest BCUT2D eigenvalue weighted by atomic mass is 10.1. The molecule has 0 aliphatic heterocycles. The second-order valence-corrected chi connectivity index (χ2v) is 9.74. The minimum Gasteiger partial charge on any atom is -0.352 e. The molecule has 2 aromatic rings. The first kappa shape index (κ1) is 25.9. The summed E-state index contributed by atoms with van der Waals surface area (Å²) in [7, 11) is 0. The van der Waals surface area contributed by atoms with Crippen molar-refractivity contribution in [3.63, 3.8) is 0 Å². The molecule has 0 saturated carbocycles. The molecule has 2 amide bonds. The summed E-state index contributed by atoms with van der Waals surface area (Å²) < 4.78 is 0. The van der Waals surface area contributed by atoms with Crippen LogP contribution >= 0.6 is 46.6 Å². The lowest BCUT2D eigenvalue weighted by Gasteiger charge is -2.30. The van der Waals surface area contributed by atoms with Gasteiger partial charge in [0.15, 0.2) is 0 Å². The van der Waals surface area contributed by atoms with Gasteiger partial charge in [-0.05, 0) is 62.2 Å². The Morgan fingerprint density at radius 2 is 1.71 bits per heavy atom. The second-order valence-electron chi connectivity index (χ2n) is 7.32. The summed E-state index contributed by atoms with van der Waals surface area (Å²) >= 11 is 19.7. The standard InChI is InChI=1S/C23H27Cl3N2O2S/c1-4-15(2)27-23(30)16(3)28(14-17-5-10-20(25)21(26)13-17)22(29)11-12-31-19-8-6-18(24)7-9-19/h5-10,13,15-16H,4,11-12,14H2,1-3H3,(H,27,30)/t15-,16+/m1/s1. The van der Waals surface area contributed by atoms with E-state index in [1.54, 1.807) is 35.7 Å². The van der Waals surface area contributed by atoms with Gasteiger partial charge in [0.1, 0.15) is 6.04 Å². The van der Waals surface area contributed by atoms with Gasteiger partial charge in [-0.25, -0.2) is 0 Å². The molecule has 0 aromatic heterocycles. The van der Waals surface area contributed by atoms with Gasteiger partial charge in [-0.2, -0.15) is 0 Å². The number of carbonyl (C=O) groups excluding carboxylic acids is 2. The van der Waals surface area contributed by atoms with Crippen LogP contribution in [0.1, 0.15) is 39.2 Å². The maximum atomic E-state index is 13.1. The van der Waals surface area contributed by atoms with Crippen molar-refractivity contribution in [2.24, 2.45) is 0 Å². The number of thioether (sulfide) groups is 1. The second kappa shape index (κ2) is 12.6. The molecule has 0 heterocycles. The van der Waals surface area contributed by atoms with E-state index in [4.69, 9.17) is 34.8 Å². The molecule has 2 rings (SSSR count). The summed E-state index contributed by atoms with van der Waals surface area (Å²) in [6.45, 7) is 5.97. The van der Waals surface area contributed by atoms with E-state index in [-0.39, 0.29) is 24.4 Å². The van der Waals surface area contributed by atoms with Gasteiger partial charge in [-0.3, -0.25) is 9.59 Å². The van der Waals surface area contributed by atoms with E-state index in [9.17, 15) is 9.59 Å². The molecule has 8 heteroatoms. The molecule has 0 fully saturated rings. The average Bonchev–Trinajstić information content (AvgIpc) is 2.75. The summed E-state index contributed by atoms with van der Waals surface area (Å²) in [6, 6.07) is 12.2. The van der Waals surface area contributed by atoms with Crippen LogP contribution in [-0.4, -0.2) is 34.6 Å². The van der Waals surface area contributed by atoms with Crippen LogP contribution in [-0.2, 0) is 16.1 Å². The van der Waals surface area contributed by atoms with Gasteiger partial charge in [0.2, 0.25) is 11.8 Å². The number of nitrogens with one attached hydrogen (secondary N) is 1. The van der Waals surface area contributed by atoms with E-state index in [0.29, 0.717) is 27.2 Å². The van der Waals surface area contributed by atoms with Crippen LogP contribution in [0.5, 0.6) is 0 Å². The molecule has 4 nitrogen and oxygen atoms in total. The molecule has 0 bridgehead atoms. The monoisotopic (exact) mass is 500 g/mol. The summed E-state index contributed by atoms with van der Waals surface area (Å²) in [5, 5.41) is 4.50. The highest BCUT2D eigenvalue weighted by Gasteiger charge is 2.26. The van der Waals surface area contributed by atoms with Crippen molar-refractivity contribution < 1.29 is 9.59 Å². The molecule has 0 radical (unpaired) electrons. The predicted molar refractivity (Wildman–Crippen MR) is 131 cm³/mol. The number of carbonyl (C=O) groups is 2. The van der Waals surface area contributed by atoms with Gasteiger partial charge in [0.05, 0.1) is 10.0 Å². The van der Waals surface area contributed by atoms with Gasteiger partial charge < -0.3 is 10.2 Å². The van der Waals surface area contributed by atoms with Crippen molar-refractivity contribution in [1.29, 1.82) is 0 Å². The SMILES string of the molecule is CC[C@@H](C)NC(=O)[C@H](C)N(Cc1ccc(Cl)c(Cl)c1)C(=O)CCSc1ccc(Cl)cc1. The minimum absolute atomic E-state index is 0.0392. The number of nitrogens with zero attached hydrogens (tertiary/aromatic N) is 1. The van der Waals surface area contributed by atoms with Gasteiger partial charge in [0.25, 0.3) is 0 Å². The number of rotatable bonds is 10. The first-order valence-electron chi connectivity index (χ1n) is 10.1. The summed E-state index contributed by atoms with van der Waals surface area (Å²) in [5.41, 5.74) is 0.816. The quantitative estimate of drug-likeness (QED) is 0.380. The topological polar surface area (TPSA) is 49.4 Å². The van der Waals surface area contributed by atoms with Gasteiger partial charge in [-0.15, -0.1) is 11.8 Å². The van der Waals surface area contributed by atoms with Crippen LogP contribution in [0.25, 0.3) is 0 Å². The molecule has 2 aromatic carbocycles. The van der Waals surface area contributed by atoms with Gasteiger partial charge in [-0.1, -0.05) is 47.8 Å². The fourth-order valence-corrected chi connectivity index (χ4v) is 4.10. The normalized spacial score (nSPS) is 12.8. The Kier molecular flexibility index (Phi) is 10.5. The van der Waals surface area contributed by atoms with Crippen LogP contribution in [0.4, 0.5) is 0 Å². The average molecular weight is 502 g/mol. The third-order valence-electron chi connectivity index (χ3n) is 4.90. The smallest absolute Gasteiger partial charge is 0.242 e. The lowest BCUT2D eigenvalue weighted by Crippen LogP contribution is -2.49.